The Bertz CT molecular complexity index is 872. The SMILES string of the molecule is CC1CCNCC1NC(=O)c1cccc(S(=O)(=O)Cc2ccccc2)c1.Cl. The summed E-state index contributed by atoms with van der Waals surface area (Å²) < 4.78 is 25.4. The van der Waals surface area contributed by atoms with Gasteiger partial charge in [0.1, 0.15) is 0 Å². The zero-order chi connectivity index (χ0) is 18.6. The van der Waals surface area contributed by atoms with Crippen LogP contribution in [0, 0.1) is 5.92 Å². The van der Waals surface area contributed by atoms with Crippen LogP contribution in [0.15, 0.2) is 59.5 Å². The molecule has 2 atom stereocenters. The number of amides is 1. The molecule has 0 saturated carbocycles. The number of benzene rings is 2. The summed E-state index contributed by atoms with van der Waals surface area (Å²) in [6.07, 6.45) is 1.01. The van der Waals surface area contributed by atoms with E-state index in [0.717, 1.165) is 25.1 Å². The smallest absolute Gasteiger partial charge is 0.251 e. The van der Waals surface area contributed by atoms with Crippen LogP contribution in [-0.4, -0.2) is 33.5 Å². The minimum Gasteiger partial charge on any atom is -0.348 e. The van der Waals surface area contributed by atoms with Gasteiger partial charge in [0.25, 0.3) is 5.91 Å². The Morgan fingerprint density at radius 1 is 1.15 bits per heavy atom. The van der Waals surface area contributed by atoms with Crippen LogP contribution >= 0.6 is 12.4 Å². The highest BCUT2D eigenvalue weighted by Gasteiger charge is 2.24. The molecule has 2 aromatic rings. The van der Waals surface area contributed by atoms with Gasteiger partial charge >= 0.3 is 0 Å². The Kier molecular flexibility index (Phi) is 7.41. The molecule has 7 heteroatoms. The summed E-state index contributed by atoms with van der Waals surface area (Å²) in [5.41, 5.74) is 1.10. The predicted molar refractivity (Wildman–Crippen MR) is 109 cm³/mol. The van der Waals surface area contributed by atoms with E-state index in [9.17, 15) is 13.2 Å². The molecule has 1 aliphatic rings. The second-order valence-electron chi connectivity index (χ2n) is 6.82. The van der Waals surface area contributed by atoms with E-state index in [1.807, 2.05) is 18.2 Å². The topological polar surface area (TPSA) is 75.3 Å². The largest absolute Gasteiger partial charge is 0.348 e. The highest BCUT2D eigenvalue weighted by Crippen LogP contribution is 2.18. The van der Waals surface area contributed by atoms with Crippen molar-refractivity contribution >= 4 is 28.2 Å². The number of carbonyl (C=O) groups excluding carboxylic acids is 1. The van der Waals surface area contributed by atoms with Crippen LogP contribution in [0.2, 0.25) is 0 Å². The quantitative estimate of drug-likeness (QED) is 0.797. The lowest BCUT2D eigenvalue weighted by molar-refractivity contribution is 0.0915. The van der Waals surface area contributed by atoms with Crippen molar-refractivity contribution in [2.75, 3.05) is 13.1 Å². The summed E-state index contributed by atoms with van der Waals surface area (Å²) in [6, 6.07) is 15.4. The lowest BCUT2D eigenvalue weighted by atomic mass is 9.94. The Hall–Kier alpha value is -1.89. The van der Waals surface area contributed by atoms with E-state index in [1.165, 1.54) is 6.07 Å². The molecule has 2 unspecified atom stereocenters. The van der Waals surface area contributed by atoms with Gasteiger partial charge in [-0.25, -0.2) is 8.42 Å². The predicted octanol–water partition coefficient (Wildman–Crippen LogP) is 2.81. The van der Waals surface area contributed by atoms with Gasteiger partial charge in [-0.15, -0.1) is 12.4 Å². The maximum absolute atomic E-state index is 12.7. The molecule has 1 saturated heterocycles. The van der Waals surface area contributed by atoms with Gasteiger partial charge in [0, 0.05) is 18.2 Å². The van der Waals surface area contributed by atoms with Crippen molar-refractivity contribution in [1.82, 2.24) is 10.6 Å². The number of nitrogens with one attached hydrogen (secondary N) is 2. The molecule has 1 amide bonds. The number of rotatable bonds is 5. The van der Waals surface area contributed by atoms with E-state index in [1.54, 1.807) is 30.3 Å². The third kappa shape index (κ3) is 5.54. The normalized spacial score (nSPS) is 19.7. The third-order valence-corrected chi connectivity index (χ3v) is 6.48. The first-order valence-electron chi connectivity index (χ1n) is 8.84. The molecule has 0 aromatic heterocycles. The van der Waals surface area contributed by atoms with Crippen LogP contribution in [0.1, 0.15) is 29.3 Å². The first kappa shape index (κ1) is 21.4. The average molecular weight is 409 g/mol. The standard InChI is InChI=1S/C20H24N2O3S.ClH/c1-15-10-11-21-13-19(15)22-20(23)17-8-5-9-18(12-17)26(24,25)14-16-6-3-2-4-7-16;/h2-9,12,15,19,21H,10-11,13-14H2,1H3,(H,22,23);1H. The van der Waals surface area contributed by atoms with E-state index < -0.39 is 9.84 Å². The summed E-state index contributed by atoms with van der Waals surface area (Å²) in [5.74, 6) is 0.0789. The van der Waals surface area contributed by atoms with E-state index >= 15 is 0 Å². The van der Waals surface area contributed by atoms with Gasteiger partial charge < -0.3 is 10.6 Å². The van der Waals surface area contributed by atoms with Crippen LogP contribution < -0.4 is 10.6 Å². The third-order valence-electron chi connectivity index (χ3n) is 4.80. The Morgan fingerprint density at radius 2 is 1.89 bits per heavy atom. The molecule has 0 bridgehead atoms. The van der Waals surface area contributed by atoms with E-state index in [4.69, 9.17) is 0 Å². The molecule has 1 fully saturated rings. The average Bonchev–Trinajstić information content (AvgIpc) is 2.64. The van der Waals surface area contributed by atoms with Gasteiger partial charge in [-0.05, 0) is 42.6 Å². The minimum atomic E-state index is -3.51. The summed E-state index contributed by atoms with van der Waals surface area (Å²) in [5, 5.41) is 6.29. The van der Waals surface area contributed by atoms with Crippen LogP contribution in [-0.2, 0) is 15.6 Å². The Morgan fingerprint density at radius 3 is 2.59 bits per heavy atom. The van der Waals surface area contributed by atoms with Crippen molar-refractivity contribution in [2.45, 2.75) is 30.0 Å². The van der Waals surface area contributed by atoms with Crippen molar-refractivity contribution in [1.29, 1.82) is 0 Å². The molecule has 1 aliphatic heterocycles. The van der Waals surface area contributed by atoms with Crippen LogP contribution in [0.5, 0.6) is 0 Å². The highest BCUT2D eigenvalue weighted by atomic mass is 35.5. The fourth-order valence-electron chi connectivity index (χ4n) is 3.14. The van der Waals surface area contributed by atoms with Crippen molar-refractivity contribution in [2.24, 2.45) is 5.92 Å². The van der Waals surface area contributed by atoms with Gasteiger partial charge in [0.05, 0.1) is 10.6 Å². The molecule has 3 rings (SSSR count). The minimum absolute atomic E-state index is 0. The van der Waals surface area contributed by atoms with Gasteiger partial charge in [-0.2, -0.15) is 0 Å². The molecule has 2 aromatic carbocycles. The summed E-state index contributed by atoms with van der Waals surface area (Å²) >= 11 is 0. The number of halogens is 1. The number of carbonyl (C=O) groups is 1. The number of piperidine rings is 1. The molecule has 0 radical (unpaired) electrons. The van der Waals surface area contributed by atoms with Crippen molar-refractivity contribution < 1.29 is 13.2 Å². The molecular formula is C20H25ClN2O3S. The van der Waals surface area contributed by atoms with Gasteiger partial charge in [0.2, 0.25) is 0 Å². The second kappa shape index (κ2) is 9.35. The van der Waals surface area contributed by atoms with Crippen molar-refractivity contribution in [3.8, 4) is 0 Å². The summed E-state index contributed by atoms with van der Waals surface area (Å²) in [6.45, 7) is 3.81. The van der Waals surface area contributed by atoms with Gasteiger partial charge in [-0.3, -0.25) is 4.79 Å². The summed E-state index contributed by atoms with van der Waals surface area (Å²) in [4.78, 5) is 12.7. The van der Waals surface area contributed by atoms with Crippen molar-refractivity contribution in [3.63, 3.8) is 0 Å². The van der Waals surface area contributed by atoms with Crippen molar-refractivity contribution in [3.05, 3.63) is 65.7 Å². The fraction of sp³-hybridized carbons (Fsp3) is 0.350. The molecular weight excluding hydrogens is 384 g/mol. The van der Waals surface area contributed by atoms with Crippen LogP contribution in [0.25, 0.3) is 0 Å². The monoisotopic (exact) mass is 408 g/mol. The van der Waals surface area contributed by atoms with E-state index in [0.29, 0.717) is 11.5 Å². The molecule has 0 aliphatic carbocycles. The number of hydrogen-bond acceptors (Lipinski definition) is 4. The van der Waals surface area contributed by atoms with Gasteiger partial charge in [0.15, 0.2) is 9.84 Å². The molecule has 5 nitrogen and oxygen atoms in total. The lowest BCUT2D eigenvalue weighted by Crippen LogP contribution is -2.50. The maximum atomic E-state index is 12.7. The second-order valence-corrected chi connectivity index (χ2v) is 8.81. The number of hydrogen-bond donors (Lipinski definition) is 2. The summed E-state index contributed by atoms with van der Waals surface area (Å²) in [7, 11) is -3.51. The number of sulfone groups is 1. The van der Waals surface area contributed by atoms with E-state index in [2.05, 4.69) is 17.6 Å². The van der Waals surface area contributed by atoms with E-state index in [-0.39, 0.29) is 35.0 Å². The zero-order valence-electron chi connectivity index (χ0n) is 15.2. The molecule has 146 valence electrons. The highest BCUT2D eigenvalue weighted by molar-refractivity contribution is 7.90. The van der Waals surface area contributed by atoms with Crippen LogP contribution in [0.3, 0.4) is 0 Å². The molecule has 2 N–H and O–H groups in total. The van der Waals surface area contributed by atoms with Gasteiger partial charge in [-0.1, -0.05) is 43.3 Å². The molecule has 27 heavy (non-hydrogen) atoms. The molecule has 0 spiro atoms. The first-order valence-corrected chi connectivity index (χ1v) is 10.5. The molecule has 1 heterocycles. The first-order chi connectivity index (χ1) is 12.5. The Balaban J connectivity index is 0.00000261. The van der Waals surface area contributed by atoms with Crippen LogP contribution in [0.4, 0.5) is 0 Å². The zero-order valence-corrected chi connectivity index (χ0v) is 16.9. The fourth-order valence-corrected chi connectivity index (χ4v) is 4.53. The lowest BCUT2D eigenvalue weighted by Gasteiger charge is -2.30. The maximum Gasteiger partial charge on any atom is 0.251 e. The Labute approximate surface area is 166 Å².